The third kappa shape index (κ3) is 3.28. The average molecular weight is 280 g/mol. The molecule has 0 bridgehead atoms. The lowest BCUT2D eigenvalue weighted by Gasteiger charge is -2.31. The quantitative estimate of drug-likeness (QED) is 0.817. The zero-order valence-corrected chi connectivity index (χ0v) is 11.8. The fraction of sp³-hybridized carbons (Fsp3) is 0.615. The molecule has 0 unspecified atom stereocenters. The van der Waals surface area contributed by atoms with Crippen LogP contribution in [0.3, 0.4) is 0 Å². The molecule has 2 N–H and O–H groups in total. The molecule has 1 fully saturated rings. The number of nitrogen functional groups attached to an aromatic ring is 1. The minimum Gasteiger partial charge on any atom is -0.481 e. The fourth-order valence-corrected chi connectivity index (χ4v) is 2.30. The summed E-state index contributed by atoms with van der Waals surface area (Å²) in [6, 6.07) is 1.75. The van der Waals surface area contributed by atoms with Gasteiger partial charge in [0.05, 0.1) is 19.6 Å². The van der Waals surface area contributed by atoms with Gasteiger partial charge in [0.2, 0.25) is 11.8 Å². The van der Waals surface area contributed by atoms with Crippen LogP contribution in [-0.4, -0.2) is 42.7 Å². The number of piperidine rings is 1. The number of ether oxygens (including phenoxy) is 2. The molecule has 0 saturated carbocycles. The van der Waals surface area contributed by atoms with Crippen LogP contribution in [-0.2, 0) is 9.53 Å². The highest BCUT2D eigenvalue weighted by atomic mass is 16.5. The lowest BCUT2D eigenvalue weighted by atomic mass is 9.97. The Bertz CT molecular complexity index is 473. The molecule has 0 radical (unpaired) electrons. The summed E-state index contributed by atoms with van der Waals surface area (Å²) in [5.74, 6) is 1.24. The fourth-order valence-electron chi connectivity index (χ4n) is 2.30. The number of nitrogens with two attached hydrogens (primary N) is 1. The minimum atomic E-state index is -0.105. The first-order valence-electron chi connectivity index (χ1n) is 6.74. The molecular formula is C13H20N4O3. The van der Waals surface area contributed by atoms with Crippen molar-refractivity contribution in [2.45, 2.75) is 19.8 Å². The van der Waals surface area contributed by atoms with Crippen molar-refractivity contribution < 1.29 is 14.3 Å². The number of hydrogen-bond acceptors (Lipinski definition) is 7. The molecule has 1 aliphatic rings. The van der Waals surface area contributed by atoms with Gasteiger partial charge in [0.1, 0.15) is 5.82 Å². The van der Waals surface area contributed by atoms with E-state index in [2.05, 4.69) is 14.9 Å². The number of carbonyl (C=O) groups excluding carboxylic acids is 1. The number of aromatic nitrogens is 2. The van der Waals surface area contributed by atoms with Crippen LogP contribution >= 0.6 is 0 Å². The molecule has 2 rings (SSSR count). The topological polar surface area (TPSA) is 90.6 Å². The molecule has 7 heteroatoms. The molecule has 1 aromatic rings. The molecule has 0 aliphatic carbocycles. The number of carbonyl (C=O) groups is 1. The van der Waals surface area contributed by atoms with E-state index in [9.17, 15) is 4.79 Å². The summed E-state index contributed by atoms with van der Waals surface area (Å²) in [6.07, 6.45) is 1.51. The molecule has 0 atom stereocenters. The predicted molar refractivity (Wildman–Crippen MR) is 74.6 cm³/mol. The summed E-state index contributed by atoms with van der Waals surface area (Å²) < 4.78 is 10.1. The molecule has 0 amide bonds. The van der Waals surface area contributed by atoms with Crippen LogP contribution in [0.2, 0.25) is 0 Å². The van der Waals surface area contributed by atoms with E-state index in [1.807, 2.05) is 6.92 Å². The Morgan fingerprint density at radius 1 is 1.45 bits per heavy atom. The van der Waals surface area contributed by atoms with Crippen LogP contribution in [0, 0.1) is 5.92 Å². The van der Waals surface area contributed by atoms with Gasteiger partial charge in [0.15, 0.2) is 0 Å². The van der Waals surface area contributed by atoms with Crippen molar-refractivity contribution >= 4 is 17.7 Å². The van der Waals surface area contributed by atoms with E-state index in [1.165, 1.54) is 0 Å². The zero-order valence-electron chi connectivity index (χ0n) is 11.8. The summed E-state index contributed by atoms with van der Waals surface area (Å²) >= 11 is 0. The summed E-state index contributed by atoms with van der Waals surface area (Å²) in [6.45, 7) is 3.73. The van der Waals surface area contributed by atoms with E-state index in [0.717, 1.165) is 31.7 Å². The van der Waals surface area contributed by atoms with Gasteiger partial charge in [-0.05, 0) is 19.8 Å². The second-order valence-corrected chi connectivity index (χ2v) is 4.64. The van der Waals surface area contributed by atoms with Crippen molar-refractivity contribution in [2.75, 3.05) is 37.4 Å². The largest absolute Gasteiger partial charge is 0.481 e. The van der Waals surface area contributed by atoms with E-state index in [4.69, 9.17) is 15.2 Å². The SMILES string of the molecule is CCOC(=O)C1CCN(c2cc(OC)nc(N)n2)CC1. The van der Waals surface area contributed by atoms with Gasteiger partial charge in [0.25, 0.3) is 0 Å². The Labute approximate surface area is 118 Å². The molecule has 20 heavy (non-hydrogen) atoms. The molecular weight excluding hydrogens is 260 g/mol. The summed E-state index contributed by atoms with van der Waals surface area (Å²) in [4.78, 5) is 21.9. The monoisotopic (exact) mass is 280 g/mol. The van der Waals surface area contributed by atoms with Crippen molar-refractivity contribution in [1.29, 1.82) is 0 Å². The van der Waals surface area contributed by atoms with Gasteiger partial charge in [0, 0.05) is 19.2 Å². The van der Waals surface area contributed by atoms with Gasteiger partial charge in [-0.2, -0.15) is 9.97 Å². The summed E-state index contributed by atoms with van der Waals surface area (Å²) in [5.41, 5.74) is 5.65. The maximum Gasteiger partial charge on any atom is 0.309 e. The maximum atomic E-state index is 11.7. The highest BCUT2D eigenvalue weighted by Crippen LogP contribution is 2.25. The normalized spacial score (nSPS) is 16.0. The van der Waals surface area contributed by atoms with E-state index in [-0.39, 0.29) is 17.8 Å². The molecule has 1 aliphatic heterocycles. The molecule has 110 valence electrons. The van der Waals surface area contributed by atoms with Crippen molar-refractivity contribution in [3.63, 3.8) is 0 Å². The van der Waals surface area contributed by atoms with Crippen LogP contribution in [0.4, 0.5) is 11.8 Å². The van der Waals surface area contributed by atoms with Crippen molar-refractivity contribution in [3.05, 3.63) is 6.07 Å². The number of anilines is 2. The number of rotatable bonds is 4. The van der Waals surface area contributed by atoms with Crippen molar-refractivity contribution in [1.82, 2.24) is 9.97 Å². The van der Waals surface area contributed by atoms with Crippen LogP contribution in [0.5, 0.6) is 5.88 Å². The Morgan fingerprint density at radius 3 is 2.75 bits per heavy atom. The molecule has 0 aromatic carbocycles. The first kappa shape index (κ1) is 14.4. The lowest BCUT2D eigenvalue weighted by molar-refractivity contribution is -0.148. The van der Waals surface area contributed by atoms with Crippen molar-refractivity contribution in [3.8, 4) is 5.88 Å². The van der Waals surface area contributed by atoms with Gasteiger partial charge in [-0.3, -0.25) is 4.79 Å². The van der Waals surface area contributed by atoms with Gasteiger partial charge >= 0.3 is 5.97 Å². The van der Waals surface area contributed by atoms with Crippen LogP contribution in [0.15, 0.2) is 6.07 Å². The standard InChI is InChI=1S/C13H20N4O3/c1-3-20-12(18)9-4-6-17(7-5-9)10-8-11(19-2)16-13(14)15-10/h8-9H,3-7H2,1-2H3,(H2,14,15,16). The molecule has 1 aromatic heterocycles. The molecule has 7 nitrogen and oxygen atoms in total. The third-order valence-corrected chi connectivity index (χ3v) is 3.35. The average Bonchev–Trinajstić information content (AvgIpc) is 2.47. The molecule has 1 saturated heterocycles. The van der Waals surface area contributed by atoms with Crippen molar-refractivity contribution in [2.24, 2.45) is 5.92 Å². The van der Waals surface area contributed by atoms with E-state index >= 15 is 0 Å². The van der Waals surface area contributed by atoms with Crippen LogP contribution in [0.25, 0.3) is 0 Å². The van der Waals surface area contributed by atoms with E-state index in [1.54, 1.807) is 13.2 Å². The number of esters is 1. The Kier molecular flexibility index (Phi) is 4.60. The van der Waals surface area contributed by atoms with Gasteiger partial charge in [-0.25, -0.2) is 0 Å². The van der Waals surface area contributed by atoms with Gasteiger partial charge < -0.3 is 20.1 Å². The highest BCUT2D eigenvalue weighted by Gasteiger charge is 2.26. The highest BCUT2D eigenvalue weighted by molar-refractivity contribution is 5.72. The first-order valence-corrected chi connectivity index (χ1v) is 6.74. The minimum absolute atomic E-state index is 0.0210. The number of hydrogen-bond donors (Lipinski definition) is 1. The molecule has 2 heterocycles. The van der Waals surface area contributed by atoms with Gasteiger partial charge in [-0.15, -0.1) is 0 Å². The third-order valence-electron chi connectivity index (χ3n) is 3.35. The molecule has 0 spiro atoms. The summed E-state index contributed by atoms with van der Waals surface area (Å²) in [7, 11) is 1.54. The summed E-state index contributed by atoms with van der Waals surface area (Å²) in [5, 5.41) is 0. The Balaban J connectivity index is 2.00. The van der Waals surface area contributed by atoms with E-state index < -0.39 is 0 Å². The Morgan fingerprint density at radius 2 is 2.15 bits per heavy atom. The predicted octanol–water partition coefficient (Wildman–Crippen LogP) is 0.847. The number of methoxy groups -OCH3 is 1. The van der Waals surface area contributed by atoms with Crippen LogP contribution < -0.4 is 15.4 Å². The second-order valence-electron chi connectivity index (χ2n) is 4.64. The van der Waals surface area contributed by atoms with Crippen LogP contribution in [0.1, 0.15) is 19.8 Å². The number of nitrogens with zero attached hydrogens (tertiary/aromatic N) is 3. The Hall–Kier alpha value is -2.05. The van der Waals surface area contributed by atoms with Gasteiger partial charge in [-0.1, -0.05) is 0 Å². The zero-order chi connectivity index (χ0) is 14.5. The lowest BCUT2D eigenvalue weighted by Crippen LogP contribution is -2.37. The smallest absolute Gasteiger partial charge is 0.309 e. The first-order chi connectivity index (χ1) is 9.63. The second kappa shape index (κ2) is 6.40. The van der Waals surface area contributed by atoms with E-state index in [0.29, 0.717) is 12.5 Å². The maximum absolute atomic E-state index is 11.7.